The highest BCUT2D eigenvalue weighted by Crippen LogP contribution is 2.15. The summed E-state index contributed by atoms with van der Waals surface area (Å²) in [5, 5.41) is 2.97. The van der Waals surface area contributed by atoms with Crippen LogP contribution in [0.2, 0.25) is 0 Å². The molecule has 0 saturated carbocycles. The first-order chi connectivity index (χ1) is 11.7. The van der Waals surface area contributed by atoms with Crippen molar-refractivity contribution in [1.29, 1.82) is 0 Å². The molecule has 24 heavy (non-hydrogen) atoms. The number of anilines is 1. The van der Waals surface area contributed by atoms with Gasteiger partial charge >= 0.3 is 0 Å². The van der Waals surface area contributed by atoms with E-state index in [1.807, 2.05) is 12.1 Å². The molecule has 1 aromatic rings. The van der Waals surface area contributed by atoms with Gasteiger partial charge in [0.1, 0.15) is 5.69 Å². The first-order valence-corrected chi connectivity index (χ1v) is 9.04. The van der Waals surface area contributed by atoms with Crippen molar-refractivity contribution in [3.63, 3.8) is 0 Å². The van der Waals surface area contributed by atoms with Gasteiger partial charge in [0, 0.05) is 51.2 Å². The van der Waals surface area contributed by atoms with E-state index in [0.717, 1.165) is 64.5 Å². The Balaban J connectivity index is 1.87. The third kappa shape index (κ3) is 5.76. The lowest BCUT2D eigenvalue weighted by Gasteiger charge is -2.26. The number of hydrogen-bond donors (Lipinski definition) is 1. The first kappa shape index (κ1) is 18.7. The average molecular weight is 334 g/mol. The third-order valence-corrected chi connectivity index (χ3v) is 4.15. The Morgan fingerprint density at radius 3 is 2.67 bits per heavy atom. The molecule has 0 aromatic carbocycles. The van der Waals surface area contributed by atoms with Crippen molar-refractivity contribution in [3.05, 3.63) is 24.0 Å². The molecule has 1 aliphatic rings. The molecule has 1 amide bonds. The molecule has 0 bridgehead atoms. The molecule has 1 aliphatic heterocycles. The fourth-order valence-electron chi connectivity index (χ4n) is 2.89. The van der Waals surface area contributed by atoms with Crippen LogP contribution in [0, 0.1) is 0 Å². The second-order valence-corrected chi connectivity index (χ2v) is 6.10. The summed E-state index contributed by atoms with van der Waals surface area (Å²) in [5.41, 5.74) is 1.57. The molecule has 0 aliphatic carbocycles. The number of nitrogens with zero attached hydrogens (tertiary/aromatic N) is 3. The van der Waals surface area contributed by atoms with E-state index >= 15 is 0 Å². The van der Waals surface area contributed by atoms with Gasteiger partial charge in [-0.1, -0.05) is 13.8 Å². The summed E-state index contributed by atoms with van der Waals surface area (Å²) in [4.78, 5) is 21.2. The van der Waals surface area contributed by atoms with Gasteiger partial charge in [0.25, 0.3) is 5.91 Å². The van der Waals surface area contributed by atoms with Crippen molar-refractivity contribution in [2.24, 2.45) is 0 Å². The van der Waals surface area contributed by atoms with Gasteiger partial charge in [0.05, 0.1) is 13.2 Å². The van der Waals surface area contributed by atoms with Gasteiger partial charge < -0.3 is 15.0 Å². The van der Waals surface area contributed by atoms with Crippen molar-refractivity contribution < 1.29 is 9.53 Å². The van der Waals surface area contributed by atoms with Crippen LogP contribution in [0.5, 0.6) is 0 Å². The summed E-state index contributed by atoms with van der Waals surface area (Å²) >= 11 is 0. The molecule has 0 unspecified atom stereocenters. The Labute approximate surface area is 145 Å². The number of ether oxygens (including phenoxy) is 1. The number of aromatic nitrogens is 1. The molecule has 1 aromatic heterocycles. The van der Waals surface area contributed by atoms with Crippen LogP contribution in [-0.2, 0) is 4.74 Å². The highest BCUT2D eigenvalue weighted by atomic mass is 16.5. The summed E-state index contributed by atoms with van der Waals surface area (Å²) in [7, 11) is 0. The van der Waals surface area contributed by atoms with E-state index in [9.17, 15) is 4.79 Å². The quantitative estimate of drug-likeness (QED) is 0.746. The Kier molecular flexibility index (Phi) is 7.98. The largest absolute Gasteiger partial charge is 0.379 e. The van der Waals surface area contributed by atoms with Crippen molar-refractivity contribution in [2.75, 3.05) is 57.4 Å². The number of pyridine rings is 1. The van der Waals surface area contributed by atoms with Gasteiger partial charge in [-0.05, 0) is 25.0 Å². The Morgan fingerprint density at radius 1 is 1.29 bits per heavy atom. The second-order valence-electron chi connectivity index (χ2n) is 6.10. The van der Waals surface area contributed by atoms with Crippen LogP contribution < -0.4 is 10.2 Å². The fourth-order valence-corrected chi connectivity index (χ4v) is 2.89. The number of nitrogens with one attached hydrogen (secondary N) is 1. The molecule has 2 rings (SSSR count). The topological polar surface area (TPSA) is 57.7 Å². The van der Waals surface area contributed by atoms with Gasteiger partial charge in [0.15, 0.2) is 0 Å². The molecule has 134 valence electrons. The molecule has 0 atom stereocenters. The molecule has 1 saturated heterocycles. The van der Waals surface area contributed by atoms with Gasteiger partial charge in [0.2, 0.25) is 0 Å². The lowest BCUT2D eigenvalue weighted by Crippen LogP contribution is -2.41. The Morgan fingerprint density at radius 2 is 2.00 bits per heavy atom. The fraction of sp³-hybridized carbons (Fsp3) is 0.667. The lowest BCUT2D eigenvalue weighted by molar-refractivity contribution is 0.0383. The maximum absolute atomic E-state index is 12.3. The number of carbonyl (C=O) groups excluding carboxylic acids is 1. The zero-order valence-electron chi connectivity index (χ0n) is 15.0. The Hall–Kier alpha value is -1.66. The highest BCUT2D eigenvalue weighted by Gasteiger charge is 2.13. The summed E-state index contributed by atoms with van der Waals surface area (Å²) < 4.78 is 5.33. The monoisotopic (exact) mass is 334 g/mol. The lowest BCUT2D eigenvalue weighted by atomic mass is 10.2. The molecule has 2 heterocycles. The van der Waals surface area contributed by atoms with Crippen LogP contribution in [-0.4, -0.2) is 68.3 Å². The van der Waals surface area contributed by atoms with E-state index in [2.05, 4.69) is 33.9 Å². The summed E-state index contributed by atoms with van der Waals surface area (Å²) in [6.45, 7) is 11.3. The molecule has 0 spiro atoms. The van der Waals surface area contributed by atoms with E-state index < -0.39 is 0 Å². The number of hydrogen-bond acceptors (Lipinski definition) is 5. The van der Waals surface area contributed by atoms with E-state index in [-0.39, 0.29) is 5.91 Å². The van der Waals surface area contributed by atoms with Crippen LogP contribution in [0.1, 0.15) is 37.2 Å². The number of morpholine rings is 1. The minimum Gasteiger partial charge on any atom is -0.379 e. The SMILES string of the molecule is CCCN(CCC)c1ccnc(C(=O)NCCN2CCOCC2)c1. The van der Waals surface area contributed by atoms with Crippen LogP contribution in [0.4, 0.5) is 5.69 Å². The molecular weight excluding hydrogens is 304 g/mol. The van der Waals surface area contributed by atoms with E-state index in [1.54, 1.807) is 6.20 Å². The minimum absolute atomic E-state index is 0.0990. The van der Waals surface area contributed by atoms with Crippen molar-refractivity contribution in [2.45, 2.75) is 26.7 Å². The van der Waals surface area contributed by atoms with Gasteiger partial charge in [-0.2, -0.15) is 0 Å². The molecule has 6 nitrogen and oxygen atoms in total. The normalized spacial score (nSPS) is 15.2. The van der Waals surface area contributed by atoms with E-state index in [4.69, 9.17) is 4.74 Å². The smallest absolute Gasteiger partial charge is 0.269 e. The summed E-state index contributed by atoms with van der Waals surface area (Å²) in [6, 6.07) is 3.88. The number of rotatable bonds is 9. The summed E-state index contributed by atoms with van der Waals surface area (Å²) in [6.07, 6.45) is 3.90. The van der Waals surface area contributed by atoms with Crippen LogP contribution in [0.25, 0.3) is 0 Å². The molecule has 0 radical (unpaired) electrons. The first-order valence-electron chi connectivity index (χ1n) is 9.04. The standard InChI is InChI=1S/C18H30N4O2/c1-3-8-22(9-4-2)16-5-6-19-17(15-16)18(23)20-7-10-21-11-13-24-14-12-21/h5-6,15H,3-4,7-14H2,1-2H3,(H,20,23). The maximum atomic E-state index is 12.3. The van der Waals surface area contributed by atoms with E-state index in [1.165, 1.54) is 0 Å². The van der Waals surface area contributed by atoms with Gasteiger partial charge in [-0.3, -0.25) is 14.7 Å². The van der Waals surface area contributed by atoms with Crippen molar-refractivity contribution in [1.82, 2.24) is 15.2 Å². The third-order valence-electron chi connectivity index (χ3n) is 4.15. The molecular formula is C18H30N4O2. The molecule has 6 heteroatoms. The Bertz CT molecular complexity index is 498. The number of carbonyl (C=O) groups is 1. The van der Waals surface area contributed by atoms with Gasteiger partial charge in [-0.15, -0.1) is 0 Å². The molecule has 1 N–H and O–H groups in total. The van der Waals surface area contributed by atoms with Crippen LogP contribution in [0.3, 0.4) is 0 Å². The molecule has 1 fully saturated rings. The van der Waals surface area contributed by atoms with Crippen molar-refractivity contribution >= 4 is 11.6 Å². The number of amides is 1. The second kappa shape index (κ2) is 10.3. The zero-order valence-corrected chi connectivity index (χ0v) is 15.0. The highest BCUT2D eigenvalue weighted by molar-refractivity contribution is 5.93. The zero-order chi connectivity index (χ0) is 17.2. The maximum Gasteiger partial charge on any atom is 0.269 e. The predicted octanol–water partition coefficient (Wildman–Crippen LogP) is 1.77. The average Bonchev–Trinajstić information content (AvgIpc) is 2.62. The predicted molar refractivity (Wildman–Crippen MR) is 96.6 cm³/mol. The minimum atomic E-state index is -0.0990. The van der Waals surface area contributed by atoms with Crippen molar-refractivity contribution in [3.8, 4) is 0 Å². The summed E-state index contributed by atoms with van der Waals surface area (Å²) in [5.74, 6) is -0.0990. The van der Waals surface area contributed by atoms with Crippen LogP contribution >= 0.6 is 0 Å². The van der Waals surface area contributed by atoms with Crippen LogP contribution in [0.15, 0.2) is 18.3 Å². The van der Waals surface area contributed by atoms with Gasteiger partial charge in [-0.25, -0.2) is 0 Å². The van der Waals surface area contributed by atoms with E-state index in [0.29, 0.717) is 12.2 Å².